The molecule has 27 heavy (non-hydrogen) atoms. The summed E-state index contributed by atoms with van der Waals surface area (Å²) in [4.78, 5) is 4.59. The number of aliphatic imine (C=N–C) groups is 1. The Morgan fingerprint density at radius 1 is 1.41 bits per heavy atom. The number of nitrogens with one attached hydrogen (secondary N) is 3. The van der Waals surface area contributed by atoms with Crippen molar-refractivity contribution >= 4 is 38.9 Å². The van der Waals surface area contributed by atoms with Crippen LogP contribution in [0.25, 0.3) is 0 Å². The molecule has 1 aromatic heterocycles. The molecular formula is C16H27ClN4O4S2. The molecule has 4 N–H and O–H groups in total. The highest BCUT2D eigenvalue weighted by Gasteiger charge is 2.34. The molecule has 0 aliphatic carbocycles. The van der Waals surface area contributed by atoms with Crippen LogP contribution < -0.4 is 15.4 Å². The molecule has 0 amide bonds. The maximum atomic E-state index is 12.2. The quantitative estimate of drug-likeness (QED) is 0.246. The van der Waals surface area contributed by atoms with Crippen LogP contribution in [0, 0.1) is 5.41 Å². The van der Waals surface area contributed by atoms with Gasteiger partial charge in [-0.3, -0.25) is 4.99 Å². The van der Waals surface area contributed by atoms with E-state index in [0.717, 1.165) is 17.8 Å². The minimum atomic E-state index is -3.55. The lowest BCUT2D eigenvalue weighted by atomic mass is 9.84. The third kappa shape index (κ3) is 6.88. The van der Waals surface area contributed by atoms with Crippen LogP contribution >= 0.6 is 22.9 Å². The van der Waals surface area contributed by atoms with Crippen LogP contribution in [0.15, 0.2) is 21.3 Å². The monoisotopic (exact) mass is 438 g/mol. The fraction of sp³-hybridized carbons (Fsp3) is 0.688. The maximum Gasteiger partial charge on any atom is 0.250 e. The van der Waals surface area contributed by atoms with Crippen LogP contribution in [-0.4, -0.2) is 65.5 Å². The predicted octanol–water partition coefficient (Wildman–Crippen LogP) is 1.02. The first kappa shape index (κ1) is 22.4. The highest BCUT2D eigenvalue weighted by atomic mass is 35.5. The fourth-order valence-electron chi connectivity index (χ4n) is 2.76. The second-order valence-electron chi connectivity index (χ2n) is 6.35. The molecule has 11 heteroatoms. The van der Waals surface area contributed by atoms with Crippen molar-refractivity contribution in [1.29, 1.82) is 0 Å². The Morgan fingerprint density at radius 2 is 2.22 bits per heavy atom. The molecule has 1 saturated heterocycles. The lowest BCUT2D eigenvalue weighted by Crippen LogP contribution is -2.42. The van der Waals surface area contributed by atoms with Gasteiger partial charge >= 0.3 is 0 Å². The summed E-state index contributed by atoms with van der Waals surface area (Å²) in [7, 11) is -3.55. The van der Waals surface area contributed by atoms with E-state index in [1.54, 1.807) is 6.07 Å². The lowest BCUT2D eigenvalue weighted by molar-refractivity contribution is 0.131. The molecule has 1 unspecified atom stereocenters. The van der Waals surface area contributed by atoms with Crippen LogP contribution in [0.5, 0.6) is 0 Å². The third-order valence-corrected chi connectivity index (χ3v) is 7.45. The molecule has 0 aromatic carbocycles. The Kier molecular flexibility index (Phi) is 8.77. The number of ether oxygens (including phenoxy) is 1. The fourth-order valence-corrected chi connectivity index (χ4v) is 5.31. The van der Waals surface area contributed by atoms with Gasteiger partial charge in [0, 0.05) is 38.3 Å². The standard InChI is InChI=1S/C16H27ClN4O4S2/c1-2-18-15(20-11-16(5-9-22)6-10-25-12-16)19-7-8-21-27(23,24)14-4-3-13(17)26-14/h3-4,21-22H,2,5-12H2,1H3,(H2,18,19,20). The minimum Gasteiger partial charge on any atom is -0.396 e. The van der Waals surface area contributed by atoms with Gasteiger partial charge in [-0.05, 0) is 31.9 Å². The van der Waals surface area contributed by atoms with Gasteiger partial charge in [0.25, 0.3) is 0 Å². The molecule has 1 aliphatic heterocycles. The van der Waals surface area contributed by atoms with E-state index >= 15 is 0 Å². The SMILES string of the molecule is CCNC(=NCC1(CCO)CCOC1)NCCNS(=O)(=O)c1ccc(Cl)s1. The zero-order valence-corrected chi connectivity index (χ0v) is 17.7. The highest BCUT2D eigenvalue weighted by molar-refractivity contribution is 7.91. The topological polar surface area (TPSA) is 112 Å². The van der Waals surface area contributed by atoms with Crippen molar-refractivity contribution in [3.05, 3.63) is 16.5 Å². The van der Waals surface area contributed by atoms with Gasteiger partial charge in [0.2, 0.25) is 10.0 Å². The molecule has 2 heterocycles. The zero-order valence-electron chi connectivity index (χ0n) is 15.3. The van der Waals surface area contributed by atoms with E-state index in [9.17, 15) is 13.5 Å². The number of rotatable bonds is 10. The van der Waals surface area contributed by atoms with Crippen LogP contribution in [0.1, 0.15) is 19.8 Å². The van der Waals surface area contributed by atoms with Crippen molar-refractivity contribution in [2.24, 2.45) is 10.4 Å². The summed E-state index contributed by atoms with van der Waals surface area (Å²) in [5.41, 5.74) is -0.128. The summed E-state index contributed by atoms with van der Waals surface area (Å²) < 4.78 is 33.0. The van der Waals surface area contributed by atoms with Gasteiger partial charge in [0.1, 0.15) is 4.21 Å². The van der Waals surface area contributed by atoms with Gasteiger partial charge in [0.15, 0.2) is 5.96 Å². The van der Waals surface area contributed by atoms with E-state index in [1.165, 1.54) is 6.07 Å². The van der Waals surface area contributed by atoms with Gasteiger partial charge in [0.05, 0.1) is 17.5 Å². The molecule has 0 saturated carbocycles. The number of aliphatic hydroxyl groups excluding tert-OH is 1. The smallest absolute Gasteiger partial charge is 0.250 e. The summed E-state index contributed by atoms with van der Waals surface area (Å²) in [5, 5.41) is 15.6. The number of nitrogens with zero attached hydrogens (tertiary/aromatic N) is 1. The van der Waals surface area contributed by atoms with E-state index < -0.39 is 10.0 Å². The average molecular weight is 439 g/mol. The van der Waals surface area contributed by atoms with Crippen LogP contribution in [0.3, 0.4) is 0 Å². The Balaban J connectivity index is 1.85. The molecule has 1 aromatic rings. The van der Waals surface area contributed by atoms with Gasteiger partial charge in [-0.25, -0.2) is 13.1 Å². The van der Waals surface area contributed by atoms with E-state index in [2.05, 4.69) is 20.3 Å². The number of thiophene rings is 1. The molecule has 8 nitrogen and oxygen atoms in total. The molecule has 154 valence electrons. The lowest BCUT2D eigenvalue weighted by Gasteiger charge is -2.24. The summed E-state index contributed by atoms with van der Waals surface area (Å²) in [6.45, 7) is 5.19. The van der Waals surface area contributed by atoms with Crippen molar-refractivity contribution in [2.75, 3.05) is 46.0 Å². The molecule has 0 bridgehead atoms. The van der Waals surface area contributed by atoms with Crippen molar-refractivity contribution in [1.82, 2.24) is 15.4 Å². The first-order chi connectivity index (χ1) is 12.9. The Labute approximate surface area is 169 Å². The number of guanidine groups is 1. The molecule has 1 atom stereocenters. The molecule has 0 spiro atoms. The summed E-state index contributed by atoms with van der Waals surface area (Å²) >= 11 is 6.81. The van der Waals surface area contributed by atoms with E-state index in [-0.39, 0.29) is 22.8 Å². The average Bonchev–Trinajstić information content (AvgIpc) is 3.27. The van der Waals surface area contributed by atoms with E-state index in [1.807, 2.05) is 6.92 Å². The van der Waals surface area contributed by atoms with Crippen LogP contribution in [-0.2, 0) is 14.8 Å². The first-order valence-corrected chi connectivity index (χ1v) is 11.5. The second-order valence-corrected chi connectivity index (χ2v) is 10.1. The number of sulfonamides is 1. The highest BCUT2D eigenvalue weighted by Crippen LogP contribution is 2.32. The van der Waals surface area contributed by atoms with Crippen molar-refractivity contribution < 1.29 is 18.3 Å². The zero-order chi connectivity index (χ0) is 19.8. The summed E-state index contributed by atoms with van der Waals surface area (Å²) in [6.07, 6.45) is 1.53. The molecule has 2 rings (SSSR count). The van der Waals surface area contributed by atoms with E-state index in [4.69, 9.17) is 16.3 Å². The predicted molar refractivity (Wildman–Crippen MR) is 108 cm³/mol. The number of hydrogen-bond donors (Lipinski definition) is 4. The molecule has 1 aliphatic rings. The third-order valence-electron chi connectivity index (χ3n) is 4.27. The largest absolute Gasteiger partial charge is 0.396 e. The van der Waals surface area contributed by atoms with Gasteiger partial charge in [-0.15, -0.1) is 11.3 Å². The summed E-state index contributed by atoms with van der Waals surface area (Å²) in [5.74, 6) is 0.611. The number of halogens is 1. The normalized spacial score (nSPS) is 20.8. The van der Waals surface area contributed by atoms with Crippen molar-refractivity contribution in [3.8, 4) is 0 Å². The van der Waals surface area contributed by atoms with Crippen LogP contribution in [0.4, 0.5) is 0 Å². The van der Waals surface area contributed by atoms with Gasteiger partial charge in [-0.2, -0.15) is 0 Å². The van der Waals surface area contributed by atoms with Crippen LogP contribution in [0.2, 0.25) is 4.34 Å². The Morgan fingerprint density at radius 3 is 2.81 bits per heavy atom. The molecule has 0 radical (unpaired) electrons. The Bertz CT molecular complexity index is 718. The van der Waals surface area contributed by atoms with Gasteiger partial charge in [-0.1, -0.05) is 11.6 Å². The number of hydrogen-bond acceptors (Lipinski definition) is 6. The summed E-state index contributed by atoms with van der Waals surface area (Å²) in [6, 6.07) is 3.04. The first-order valence-electron chi connectivity index (χ1n) is 8.86. The van der Waals surface area contributed by atoms with Crippen molar-refractivity contribution in [2.45, 2.75) is 24.0 Å². The molecular weight excluding hydrogens is 412 g/mol. The molecule has 1 fully saturated rings. The second kappa shape index (κ2) is 10.6. The minimum absolute atomic E-state index is 0.108. The number of aliphatic hydroxyl groups is 1. The van der Waals surface area contributed by atoms with E-state index in [0.29, 0.717) is 49.6 Å². The van der Waals surface area contributed by atoms with Gasteiger partial charge < -0.3 is 20.5 Å². The maximum absolute atomic E-state index is 12.2. The Hall–Kier alpha value is -0.910. The van der Waals surface area contributed by atoms with Crippen molar-refractivity contribution in [3.63, 3.8) is 0 Å².